The highest BCUT2D eigenvalue weighted by Gasteiger charge is 2.06. The average molecular weight is 277 g/mol. The second-order valence-electron chi connectivity index (χ2n) is 4.98. The number of carbonyl (C=O) groups is 1. The number of nitrogens with zero attached hydrogens (tertiary/aromatic N) is 1. The van der Waals surface area contributed by atoms with Gasteiger partial charge in [0, 0.05) is 18.1 Å². The third-order valence-electron chi connectivity index (χ3n) is 3.55. The van der Waals surface area contributed by atoms with Gasteiger partial charge in [0.1, 0.15) is 0 Å². The predicted octanol–water partition coefficient (Wildman–Crippen LogP) is 4.15. The van der Waals surface area contributed by atoms with E-state index in [9.17, 15) is 4.79 Å². The van der Waals surface area contributed by atoms with Crippen molar-refractivity contribution in [2.24, 2.45) is 0 Å². The van der Waals surface area contributed by atoms with Crippen LogP contribution in [0.4, 0.5) is 0 Å². The van der Waals surface area contributed by atoms with E-state index in [1.165, 1.54) is 5.56 Å². The van der Waals surface area contributed by atoms with E-state index in [0.29, 0.717) is 5.56 Å². The molecule has 0 bridgehead atoms. The fourth-order valence-corrected chi connectivity index (χ4v) is 2.38. The van der Waals surface area contributed by atoms with Crippen LogP contribution in [0.2, 0.25) is 0 Å². The number of carboxylic acid groups (broad SMARTS) is 1. The molecule has 0 saturated carbocycles. The van der Waals surface area contributed by atoms with Crippen LogP contribution in [0.1, 0.15) is 15.9 Å². The molecule has 0 spiro atoms. The summed E-state index contributed by atoms with van der Waals surface area (Å²) in [6.45, 7) is 2.08. The number of aryl methyl sites for hydroxylation is 1. The van der Waals surface area contributed by atoms with E-state index in [4.69, 9.17) is 5.11 Å². The molecular formula is C18H15NO2. The molecule has 0 fully saturated rings. The Balaban J connectivity index is 1.95. The minimum Gasteiger partial charge on any atom is -0.478 e. The number of carboxylic acids is 1. The summed E-state index contributed by atoms with van der Waals surface area (Å²) in [7, 11) is 0. The maximum Gasteiger partial charge on any atom is 0.335 e. The molecule has 0 saturated heterocycles. The third kappa shape index (κ3) is 2.58. The molecule has 0 radical (unpaired) electrons. The lowest BCUT2D eigenvalue weighted by Gasteiger charge is -2.06. The summed E-state index contributed by atoms with van der Waals surface area (Å²) in [6.07, 6.45) is 4.07. The van der Waals surface area contributed by atoms with Crippen molar-refractivity contribution in [2.45, 2.75) is 6.92 Å². The maximum absolute atomic E-state index is 10.9. The molecule has 0 amide bonds. The van der Waals surface area contributed by atoms with Crippen LogP contribution in [0, 0.1) is 6.92 Å². The van der Waals surface area contributed by atoms with Crippen LogP contribution in [0.3, 0.4) is 0 Å². The van der Waals surface area contributed by atoms with Gasteiger partial charge in [0.15, 0.2) is 0 Å². The van der Waals surface area contributed by atoms with Gasteiger partial charge in [-0.1, -0.05) is 30.3 Å². The largest absolute Gasteiger partial charge is 0.478 e. The van der Waals surface area contributed by atoms with Gasteiger partial charge in [-0.25, -0.2) is 4.79 Å². The Hall–Kier alpha value is -2.81. The normalized spacial score (nSPS) is 10.5. The zero-order valence-electron chi connectivity index (χ0n) is 11.7. The van der Waals surface area contributed by atoms with E-state index in [1.807, 2.05) is 36.5 Å². The average Bonchev–Trinajstić information content (AvgIpc) is 2.97. The van der Waals surface area contributed by atoms with Gasteiger partial charge in [-0.05, 0) is 47.9 Å². The Kier molecular flexibility index (Phi) is 3.32. The number of aromatic nitrogens is 1. The smallest absolute Gasteiger partial charge is 0.335 e. The van der Waals surface area contributed by atoms with Crippen molar-refractivity contribution in [2.75, 3.05) is 0 Å². The van der Waals surface area contributed by atoms with Crippen molar-refractivity contribution in [3.8, 4) is 16.8 Å². The number of hydrogen-bond donors (Lipinski definition) is 1. The minimum atomic E-state index is -0.904. The number of benzene rings is 2. The third-order valence-corrected chi connectivity index (χ3v) is 3.55. The highest BCUT2D eigenvalue weighted by Crippen LogP contribution is 2.23. The fourth-order valence-electron chi connectivity index (χ4n) is 2.38. The molecule has 21 heavy (non-hydrogen) atoms. The molecule has 3 rings (SSSR count). The van der Waals surface area contributed by atoms with Gasteiger partial charge < -0.3 is 9.67 Å². The maximum atomic E-state index is 10.9. The molecule has 3 aromatic rings. The van der Waals surface area contributed by atoms with E-state index in [1.54, 1.807) is 12.1 Å². The standard InChI is InChI=1S/C18H15NO2/c1-13-4-2-3-5-17(13)19-11-10-16(12-19)14-6-8-15(9-7-14)18(20)21/h2-12H,1H3,(H,20,21). The Labute approximate surface area is 123 Å². The van der Waals surface area contributed by atoms with E-state index < -0.39 is 5.97 Å². The second kappa shape index (κ2) is 5.29. The van der Waals surface area contributed by atoms with Gasteiger partial charge in [0.25, 0.3) is 0 Å². The topological polar surface area (TPSA) is 42.2 Å². The van der Waals surface area contributed by atoms with Crippen LogP contribution in [-0.2, 0) is 0 Å². The van der Waals surface area contributed by atoms with E-state index in [0.717, 1.165) is 16.8 Å². The Morgan fingerprint density at radius 1 is 0.952 bits per heavy atom. The molecule has 3 heteroatoms. The van der Waals surface area contributed by atoms with Gasteiger partial charge in [-0.15, -0.1) is 0 Å². The highest BCUT2D eigenvalue weighted by atomic mass is 16.4. The first-order valence-corrected chi connectivity index (χ1v) is 6.73. The number of aromatic carboxylic acids is 1. The van der Waals surface area contributed by atoms with Crippen molar-refractivity contribution < 1.29 is 9.90 Å². The van der Waals surface area contributed by atoms with Crippen LogP contribution in [0.25, 0.3) is 16.8 Å². The predicted molar refractivity (Wildman–Crippen MR) is 82.9 cm³/mol. The molecule has 3 nitrogen and oxygen atoms in total. The van der Waals surface area contributed by atoms with Crippen molar-refractivity contribution >= 4 is 5.97 Å². The quantitative estimate of drug-likeness (QED) is 0.781. The Bertz CT molecular complexity index is 785. The van der Waals surface area contributed by atoms with Crippen molar-refractivity contribution in [1.29, 1.82) is 0 Å². The van der Waals surface area contributed by atoms with Crippen molar-refractivity contribution in [3.63, 3.8) is 0 Å². The first-order chi connectivity index (χ1) is 10.1. The van der Waals surface area contributed by atoms with Gasteiger partial charge in [-0.2, -0.15) is 0 Å². The lowest BCUT2D eigenvalue weighted by atomic mass is 10.1. The minimum absolute atomic E-state index is 0.303. The first kappa shape index (κ1) is 13.2. The summed E-state index contributed by atoms with van der Waals surface area (Å²) in [5.41, 5.74) is 4.73. The summed E-state index contributed by atoms with van der Waals surface area (Å²) in [5.74, 6) is -0.904. The molecule has 0 atom stereocenters. The van der Waals surface area contributed by atoms with Gasteiger partial charge in [0.2, 0.25) is 0 Å². The lowest BCUT2D eigenvalue weighted by molar-refractivity contribution is 0.0697. The van der Waals surface area contributed by atoms with Gasteiger partial charge in [-0.3, -0.25) is 0 Å². The zero-order chi connectivity index (χ0) is 14.8. The molecule has 2 aromatic carbocycles. The number of rotatable bonds is 3. The molecule has 0 aliphatic heterocycles. The first-order valence-electron chi connectivity index (χ1n) is 6.73. The van der Waals surface area contributed by atoms with Gasteiger partial charge >= 0.3 is 5.97 Å². The lowest BCUT2D eigenvalue weighted by Crippen LogP contribution is -1.95. The molecular weight excluding hydrogens is 262 g/mol. The molecule has 1 N–H and O–H groups in total. The molecule has 104 valence electrons. The van der Waals surface area contributed by atoms with Crippen LogP contribution >= 0.6 is 0 Å². The van der Waals surface area contributed by atoms with Crippen LogP contribution in [-0.4, -0.2) is 15.6 Å². The Morgan fingerprint density at radius 3 is 2.33 bits per heavy atom. The second-order valence-corrected chi connectivity index (χ2v) is 4.98. The summed E-state index contributed by atoms with van der Waals surface area (Å²) < 4.78 is 2.08. The summed E-state index contributed by atoms with van der Waals surface area (Å²) in [6, 6.07) is 17.1. The fraction of sp³-hybridized carbons (Fsp3) is 0.0556. The molecule has 1 aromatic heterocycles. The molecule has 0 aliphatic carbocycles. The number of hydrogen-bond acceptors (Lipinski definition) is 1. The highest BCUT2D eigenvalue weighted by molar-refractivity contribution is 5.88. The van der Waals surface area contributed by atoms with E-state index >= 15 is 0 Å². The van der Waals surface area contributed by atoms with Crippen molar-refractivity contribution in [1.82, 2.24) is 4.57 Å². The summed E-state index contributed by atoms with van der Waals surface area (Å²) in [5, 5.41) is 8.93. The molecule has 0 unspecified atom stereocenters. The van der Waals surface area contributed by atoms with Crippen LogP contribution < -0.4 is 0 Å². The number of para-hydroxylation sites is 1. The molecule has 1 heterocycles. The zero-order valence-corrected chi connectivity index (χ0v) is 11.7. The monoisotopic (exact) mass is 277 g/mol. The van der Waals surface area contributed by atoms with E-state index in [-0.39, 0.29) is 0 Å². The van der Waals surface area contributed by atoms with Crippen molar-refractivity contribution in [3.05, 3.63) is 78.1 Å². The summed E-state index contributed by atoms with van der Waals surface area (Å²) in [4.78, 5) is 10.9. The van der Waals surface area contributed by atoms with Crippen LogP contribution in [0.5, 0.6) is 0 Å². The summed E-state index contributed by atoms with van der Waals surface area (Å²) >= 11 is 0. The van der Waals surface area contributed by atoms with Gasteiger partial charge in [0.05, 0.1) is 5.56 Å². The van der Waals surface area contributed by atoms with E-state index in [2.05, 4.69) is 29.8 Å². The SMILES string of the molecule is Cc1ccccc1-n1ccc(-c2ccc(C(=O)O)cc2)c1. The Morgan fingerprint density at radius 2 is 1.67 bits per heavy atom. The molecule has 0 aliphatic rings. The van der Waals surface area contributed by atoms with Crippen LogP contribution in [0.15, 0.2) is 67.0 Å².